The number of ketones is 1. The molecule has 0 aliphatic rings. The van der Waals surface area contributed by atoms with Crippen molar-refractivity contribution < 1.29 is 9.53 Å². The van der Waals surface area contributed by atoms with Gasteiger partial charge >= 0.3 is 0 Å². The monoisotopic (exact) mass is 274 g/mol. The van der Waals surface area contributed by atoms with Crippen LogP contribution in [0.4, 0.5) is 0 Å². The van der Waals surface area contributed by atoms with Crippen LogP contribution in [0.3, 0.4) is 0 Å². The zero-order valence-electron chi connectivity index (χ0n) is 12.6. The molecule has 20 heavy (non-hydrogen) atoms. The van der Waals surface area contributed by atoms with Gasteiger partial charge < -0.3 is 4.74 Å². The number of Topliss-reactive ketones (excluding diaryl/α,β-unsaturated/α-hetero) is 1. The molecule has 0 heterocycles. The lowest BCUT2D eigenvalue weighted by Gasteiger charge is -2.07. The highest BCUT2D eigenvalue weighted by Gasteiger charge is 2.00. The molecule has 0 aromatic heterocycles. The first-order valence-corrected chi connectivity index (χ1v) is 7.58. The van der Waals surface area contributed by atoms with E-state index >= 15 is 0 Å². The summed E-state index contributed by atoms with van der Waals surface area (Å²) in [6.07, 6.45) is 10.5. The van der Waals surface area contributed by atoms with E-state index in [0.717, 1.165) is 25.2 Å². The summed E-state index contributed by atoms with van der Waals surface area (Å²) in [6, 6.07) is 7.41. The lowest BCUT2D eigenvalue weighted by atomic mass is 10.1. The molecule has 0 fully saturated rings. The van der Waals surface area contributed by atoms with Gasteiger partial charge in [0.1, 0.15) is 5.75 Å². The Morgan fingerprint density at radius 2 is 1.85 bits per heavy atom. The summed E-state index contributed by atoms with van der Waals surface area (Å²) >= 11 is 0. The SMILES string of the molecule is C=CCCCCCCCCOc1cccc(C(C)=O)c1. The van der Waals surface area contributed by atoms with Gasteiger partial charge in [-0.2, -0.15) is 0 Å². The maximum Gasteiger partial charge on any atom is 0.159 e. The molecule has 0 saturated carbocycles. The molecular formula is C18H26O2. The second-order valence-corrected chi connectivity index (χ2v) is 5.13. The molecule has 1 rings (SSSR count). The van der Waals surface area contributed by atoms with Crippen LogP contribution in [-0.2, 0) is 0 Å². The van der Waals surface area contributed by atoms with Gasteiger partial charge in [0, 0.05) is 5.56 Å². The normalized spacial score (nSPS) is 10.2. The molecule has 0 radical (unpaired) electrons. The third-order valence-corrected chi connectivity index (χ3v) is 3.31. The molecule has 0 bridgehead atoms. The van der Waals surface area contributed by atoms with Crippen LogP contribution in [0.25, 0.3) is 0 Å². The predicted octanol–water partition coefficient (Wildman–Crippen LogP) is 5.18. The number of carbonyl (C=O) groups is 1. The topological polar surface area (TPSA) is 26.3 Å². The van der Waals surface area contributed by atoms with Crippen molar-refractivity contribution in [3.05, 3.63) is 42.5 Å². The van der Waals surface area contributed by atoms with Gasteiger partial charge in [0.15, 0.2) is 5.78 Å². The Labute approximate surface area is 122 Å². The van der Waals surface area contributed by atoms with E-state index in [1.165, 1.54) is 32.1 Å². The van der Waals surface area contributed by atoms with Crippen LogP contribution in [-0.4, -0.2) is 12.4 Å². The minimum absolute atomic E-state index is 0.0787. The zero-order valence-corrected chi connectivity index (χ0v) is 12.6. The van der Waals surface area contributed by atoms with Gasteiger partial charge in [-0.05, 0) is 38.3 Å². The third kappa shape index (κ3) is 7.13. The number of rotatable bonds is 11. The maximum atomic E-state index is 11.3. The Bertz CT molecular complexity index is 410. The summed E-state index contributed by atoms with van der Waals surface area (Å²) in [7, 11) is 0. The molecule has 0 saturated heterocycles. The molecule has 0 atom stereocenters. The van der Waals surface area contributed by atoms with Gasteiger partial charge in [-0.1, -0.05) is 43.9 Å². The average molecular weight is 274 g/mol. The van der Waals surface area contributed by atoms with E-state index in [9.17, 15) is 4.79 Å². The van der Waals surface area contributed by atoms with E-state index in [1.54, 1.807) is 6.92 Å². The molecule has 0 spiro atoms. The molecular weight excluding hydrogens is 248 g/mol. The minimum atomic E-state index is 0.0787. The van der Waals surface area contributed by atoms with E-state index in [1.807, 2.05) is 30.3 Å². The van der Waals surface area contributed by atoms with Gasteiger partial charge in [0.2, 0.25) is 0 Å². The molecule has 1 aromatic carbocycles. The van der Waals surface area contributed by atoms with Gasteiger partial charge in [0.25, 0.3) is 0 Å². The second kappa shape index (κ2) is 10.2. The molecule has 2 heteroatoms. The molecule has 0 aliphatic heterocycles. The van der Waals surface area contributed by atoms with Crippen LogP contribution >= 0.6 is 0 Å². The van der Waals surface area contributed by atoms with Crippen LogP contribution in [0.1, 0.15) is 62.2 Å². The number of benzene rings is 1. The molecule has 110 valence electrons. The van der Waals surface area contributed by atoms with E-state index in [4.69, 9.17) is 4.74 Å². The largest absolute Gasteiger partial charge is 0.494 e. The zero-order chi connectivity index (χ0) is 14.6. The van der Waals surface area contributed by atoms with Gasteiger partial charge in [-0.25, -0.2) is 0 Å². The standard InChI is InChI=1S/C18H26O2/c1-3-4-5-6-7-8-9-10-14-20-18-13-11-12-17(15-18)16(2)19/h3,11-13,15H,1,4-10,14H2,2H3. The fourth-order valence-corrected chi connectivity index (χ4v) is 2.09. The number of carbonyl (C=O) groups excluding carboxylic acids is 1. The Morgan fingerprint density at radius 3 is 2.55 bits per heavy atom. The van der Waals surface area contributed by atoms with Gasteiger partial charge in [0.05, 0.1) is 6.61 Å². The van der Waals surface area contributed by atoms with Crippen molar-refractivity contribution in [3.63, 3.8) is 0 Å². The van der Waals surface area contributed by atoms with Crippen LogP contribution in [0.15, 0.2) is 36.9 Å². The average Bonchev–Trinajstić information content (AvgIpc) is 2.46. The van der Waals surface area contributed by atoms with Gasteiger partial charge in [-0.3, -0.25) is 4.79 Å². The second-order valence-electron chi connectivity index (χ2n) is 5.13. The first-order chi connectivity index (χ1) is 9.74. The Balaban J connectivity index is 2.08. The number of allylic oxidation sites excluding steroid dienone is 1. The summed E-state index contributed by atoms with van der Waals surface area (Å²) < 4.78 is 5.68. The quantitative estimate of drug-likeness (QED) is 0.315. The molecule has 0 aliphatic carbocycles. The molecule has 2 nitrogen and oxygen atoms in total. The molecule has 0 unspecified atom stereocenters. The van der Waals surface area contributed by atoms with Crippen molar-refractivity contribution in [2.24, 2.45) is 0 Å². The first kappa shape index (κ1) is 16.5. The lowest BCUT2D eigenvalue weighted by molar-refractivity contribution is 0.101. The van der Waals surface area contributed by atoms with Crippen LogP contribution < -0.4 is 4.74 Å². The van der Waals surface area contributed by atoms with Crippen molar-refractivity contribution in [1.29, 1.82) is 0 Å². The van der Waals surface area contributed by atoms with Crippen molar-refractivity contribution >= 4 is 5.78 Å². The molecule has 0 amide bonds. The van der Waals surface area contributed by atoms with Crippen molar-refractivity contribution in [3.8, 4) is 5.75 Å². The summed E-state index contributed by atoms with van der Waals surface area (Å²) in [5.74, 6) is 0.874. The fourth-order valence-electron chi connectivity index (χ4n) is 2.09. The smallest absolute Gasteiger partial charge is 0.159 e. The first-order valence-electron chi connectivity index (χ1n) is 7.58. The Hall–Kier alpha value is -1.57. The van der Waals surface area contributed by atoms with E-state index < -0.39 is 0 Å². The van der Waals surface area contributed by atoms with Gasteiger partial charge in [-0.15, -0.1) is 6.58 Å². The summed E-state index contributed by atoms with van der Waals surface area (Å²) in [4.78, 5) is 11.3. The maximum absolute atomic E-state index is 11.3. The summed E-state index contributed by atoms with van der Waals surface area (Å²) in [5.41, 5.74) is 0.713. The summed E-state index contributed by atoms with van der Waals surface area (Å²) in [6.45, 7) is 6.03. The number of hydrogen-bond donors (Lipinski definition) is 0. The van der Waals surface area contributed by atoms with Crippen LogP contribution in [0.2, 0.25) is 0 Å². The van der Waals surface area contributed by atoms with Crippen molar-refractivity contribution in [1.82, 2.24) is 0 Å². The minimum Gasteiger partial charge on any atom is -0.494 e. The van der Waals surface area contributed by atoms with Crippen molar-refractivity contribution in [2.45, 2.75) is 51.9 Å². The van der Waals surface area contributed by atoms with E-state index in [2.05, 4.69) is 6.58 Å². The highest BCUT2D eigenvalue weighted by Crippen LogP contribution is 2.14. The van der Waals surface area contributed by atoms with E-state index in [0.29, 0.717) is 5.56 Å². The predicted molar refractivity (Wildman–Crippen MR) is 84.5 cm³/mol. The highest BCUT2D eigenvalue weighted by molar-refractivity contribution is 5.94. The molecule has 0 N–H and O–H groups in total. The van der Waals surface area contributed by atoms with Crippen molar-refractivity contribution in [2.75, 3.05) is 6.61 Å². The van der Waals surface area contributed by atoms with Crippen LogP contribution in [0.5, 0.6) is 5.75 Å². The van der Waals surface area contributed by atoms with E-state index in [-0.39, 0.29) is 5.78 Å². The Morgan fingerprint density at radius 1 is 1.15 bits per heavy atom. The number of hydrogen-bond acceptors (Lipinski definition) is 2. The number of unbranched alkanes of at least 4 members (excludes halogenated alkanes) is 6. The van der Waals surface area contributed by atoms with Crippen LogP contribution in [0, 0.1) is 0 Å². The number of ether oxygens (including phenoxy) is 1. The Kier molecular flexibility index (Phi) is 8.44. The fraction of sp³-hybridized carbons (Fsp3) is 0.500. The third-order valence-electron chi connectivity index (χ3n) is 3.31. The molecule has 1 aromatic rings. The summed E-state index contributed by atoms with van der Waals surface area (Å²) in [5, 5.41) is 0. The highest BCUT2D eigenvalue weighted by atomic mass is 16.5. The lowest BCUT2D eigenvalue weighted by Crippen LogP contribution is -1.99.